The quantitative estimate of drug-likeness (QED) is 0.768. The molecule has 0 aromatic heterocycles. The van der Waals surface area contributed by atoms with Crippen molar-refractivity contribution in [1.82, 2.24) is 4.31 Å². The summed E-state index contributed by atoms with van der Waals surface area (Å²) >= 11 is 0. The van der Waals surface area contributed by atoms with Gasteiger partial charge in [0.2, 0.25) is 15.9 Å². The number of sulfonamides is 1. The average Bonchev–Trinajstić information content (AvgIpc) is 3.16. The van der Waals surface area contributed by atoms with Crippen LogP contribution < -0.4 is 15.1 Å². The molecule has 0 unspecified atom stereocenters. The highest BCUT2D eigenvalue weighted by atomic mass is 32.2. The molecule has 8 nitrogen and oxygen atoms in total. The third-order valence-electron chi connectivity index (χ3n) is 5.84. The number of benzene rings is 2. The minimum Gasteiger partial charge on any atom is -0.364 e. The molecule has 31 heavy (non-hydrogen) atoms. The van der Waals surface area contributed by atoms with E-state index in [-0.39, 0.29) is 23.3 Å². The number of likely N-dealkylation sites (N-methyl/N-ethyl adjacent to an activating group) is 1. The van der Waals surface area contributed by atoms with E-state index in [1.54, 1.807) is 35.2 Å². The van der Waals surface area contributed by atoms with E-state index in [1.165, 1.54) is 4.31 Å². The molecule has 4 rings (SSSR count). The van der Waals surface area contributed by atoms with E-state index < -0.39 is 10.0 Å². The molecule has 0 atom stereocenters. The predicted octanol–water partition coefficient (Wildman–Crippen LogP) is 2.31. The second-order valence-electron chi connectivity index (χ2n) is 7.72. The fraction of sp³-hybridized carbons (Fsp3) is 0.364. The van der Waals surface area contributed by atoms with Crippen molar-refractivity contribution in [2.24, 2.45) is 0 Å². The Kier molecular flexibility index (Phi) is 5.49. The number of hydrogen-bond acceptors (Lipinski definition) is 5. The number of nitrogens with zero attached hydrogens (tertiary/aromatic N) is 3. The summed E-state index contributed by atoms with van der Waals surface area (Å²) in [5.41, 5.74) is 3.52. The molecule has 1 N–H and O–H groups in total. The maximum absolute atomic E-state index is 13.2. The van der Waals surface area contributed by atoms with Crippen molar-refractivity contribution in [2.45, 2.75) is 25.2 Å². The van der Waals surface area contributed by atoms with Gasteiger partial charge in [-0.05, 0) is 48.4 Å². The first kappa shape index (κ1) is 21.3. The fourth-order valence-electron chi connectivity index (χ4n) is 4.21. The van der Waals surface area contributed by atoms with E-state index in [2.05, 4.69) is 5.32 Å². The number of nitrogens with one attached hydrogen (secondary N) is 1. The highest BCUT2D eigenvalue weighted by Crippen LogP contribution is 2.34. The molecule has 0 bridgehead atoms. The SMILES string of the molecule is CCN(CC)S(=O)(=O)c1ccc2c(c1)CCN2C(=O)c1ccc2c(c1)NC(=O)CN2C. The van der Waals surface area contributed by atoms with Gasteiger partial charge in [-0.3, -0.25) is 9.59 Å². The molecule has 2 aromatic rings. The van der Waals surface area contributed by atoms with Gasteiger partial charge in [0.1, 0.15) is 0 Å². The molecule has 2 amide bonds. The van der Waals surface area contributed by atoms with Crippen molar-refractivity contribution in [1.29, 1.82) is 0 Å². The van der Waals surface area contributed by atoms with E-state index in [1.807, 2.05) is 31.9 Å². The Morgan fingerprint density at radius 3 is 2.52 bits per heavy atom. The maximum atomic E-state index is 13.2. The van der Waals surface area contributed by atoms with E-state index in [9.17, 15) is 18.0 Å². The third kappa shape index (κ3) is 3.68. The van der Waals surface area contributed by atoms with Crippen molar-refractivity contribution in [3.8, 4) is 0 Å². The Labute approximate surface area is 182 Å². The van der Waals surface area contributed by atoms with Gasteiger partial charge in [0, 0.05) is 37.9 Å². The average molecular weight is 443 g/mol. The van der Waals surface area contributed by atoms with Crippen LogP contribution in [0.3, 0.4) is 0 Å². The summed E-state index contributed by atoms with van der Waals surface area (Å²) in [6, 6.07) is 10.2. The topological polar surface area (TPSA) is 90.0 Å². The normalized spacial score (nSPS) is 15.7. The molecular weight excluding hydrogens is 416 g/mol. The lowest BCUT2D eigenvalue weighted by Crippen LogP contribution is -2.35. The smallest absolute Gasteiger partial charge is 0.258 e. The molecule has 2 aliphatic heterocycles. The van der Waals surface area contributed by atoms with Crippen LogP contribution in [0.15, 0.2) is 41.3 Å². The van der Waals surface area contributed by atoms with Gasteiger partial charge >= 0.3 is 0 Å². The Morgan fingerprint density at radius 2 is 1.81 bits per heavy atom. The number of hydrogen-bond donors (Lipinski definition) is 1. The summed E-state index contributed by atoms with van der Waals surface area (Å²) < 4.78 is 27.1. The zero-order valence-corrected chi connectivity index (χ0v) is 18.7. The van der Waals surface area contributed by atoms with Gasteiger partial charge in [-0.15, -0.1) is 0 Å². The summed E-state index contributed by atoms with van der Waals surface area (Å²) in [5, 5.41) is 2.82. The molecule has 0 saturated heterocycles. The second kappa shape index (κ2) is 7.97. The zero-order valence-electron chi connectivity index (χ0n) is 17.9. The minimum absolute atomic E-state index is 0.118. The molecule has 0 saturated carbocycles. The van der Waals surface area contributed by atoms with Crippen LogP contribution in [0.25, 0.3) is 0 Å². The molecule has 9 heteroatoms. The number of fused-ring (bicyclic) bond motifs is 2. The van der Waals surface area contributed by atoms with Crippen molar-refractivity contribution < 1.29 is 18.0 Å². The van der Waals surface area contributed by atoms with Gasteiger partial charge in [-0.1, -0.05) is 13.8 Å². The molecule has 2 aliphatic rings. The standard InChI is InChI=1S/C22H26N4O4S/c1-4-25(5-2)31(29,30)17-7-9-19-15(12-17)10-11-26(19)22(28)16-6-8-20-18(13-16)23-21(27)14-24(20)3/h6-9,12-13H,4-5,10-11,14H2,1-3H3,(H,23,27). The lowest BCUT2D eigenvalue weighted by molar-refractivity contribution is -0.115. The van der Waals surface area contributed by atoms with Crippen molar-refractivity contribution in [3.63, 3.8) is 0 Å². The van der Waals surface area contributed by atoms with E-state index in [4.69, 9.17) is 0 Å². The van der Waals surface area contributed by atoms with Crippen molar-refractivity contribution >= 4 is 38.9 Å². The number of rotatable bonds is 5. The molecule has 0 radical (unpaired) electrons. The zero-order chi connectivity index (χ0) is 22.3. The van der Waals surface area contributed by atoms with Crippen LogP contribution in [0.5, 0.6) is 0 Å². The number of amides is 2. The molecular formula is C22H26N4O4S. The van der Waals surface area contributed by atoms with Crippen LogP contribution >= 0.6 is 0 Å². The lowest BCUT2D eigenvalue weighted by Gasteiger charge is -2.28. The number of carbonyl (C=O) groups is 2. The van der Waals surface area contributed by atoms with Crippen LogP contribution in [0.1, 0.15) is 29.8 Å². The van der Waals surface area contributed by atoms with Crippen molar-refractivity contribution in [2.75, 3.05) is 48.3 Å². The summed E-state index contributed by atoms with van der Waals surface area (Å²) in [4.78, 5) is 28.8. The summed E-state index contributed by atoms with van der Waals surface area (Å²) in [6.07, 6.45) is 0.590. The summed E-state index contributed by atoms with van der Waals surface area (Å²) in [6.45, 7) is 5.20. The summed E-state index contributed by atoms with van der Waals surface area (Å²) in [7, 11) is -1.72. The largest absolute Gasteiger partial charge is 0.364 e. The molecule has 2 aromatic carbocycles. The fourth-order valence-corrected chi connectivity index (χ4v) is 5.72. The molecule has 164 valence electrons. The Balaban J connectivity index is 1.62. The number of anilines is 3. The monoisotopic (exact) mass is 442 g/mol. The van der Waals surface area contributed by atoms with Gasteiger partial charge in [-0.25, -0.2) is 8.42 Å². The van der Waals surface area contributed by atoms with E-state index >= 15 is 0 Å². The number of carbonyl (C=O) groups excluding carboxylic acids is 2. The van der Waals surface area contributed by atoms with Gasteiger partial charge in [-0.2, -0.15) is 4.31 Å². The first-order valence-corrected chi connectivity index (χ1v) is 11.8. The molecule has 2 heterocycles. The van der Waals surface area contributed by atoms with Crippen LogP contribution in [-0.4, -0.2) is 57.8 Å². The highest BCUT2D eigenvalue weighted by molar-refractivity contribution is 7.89. The van der Waals surface area contributed by atoms with Crippen LogP contribution in [0.2, 0.25) is 0 Å². The molecule has 0 aliphatic carbocycles. The Morgan fingerprint density at radius 1 is 1.10 bits per heavy atom. The first-order valence-electron chi connectivity index (χ1n) is 10.4. The van der Waals surface area contributed by atoms with Crippen molar-refractivity contribution in [3.05, 3.63) is 47.5 Å². The predicted molar refractivity (Wildman–Crippen MR) is 120 cm³/mol. The second-order valence-corrected chi connectivity index (χ2v) is 9.66. The first-order chi connectivity index (χ1) is 14.8. The van der Waals surface area contributed by atoms with E-state index in [0.29, 0.717) is 37.3 Å². The minimum atomic E-state index is -3.55. The summed E-state index contributed by atoms with van der Waals surface area (Å²) in [5.74, 6) is -0.295. The molecule has 0 spiro atoms. The Bertz CT molecular complexity index is 1160. The van der Waals surface area contributed by atoms with E-state index in [0.717, 1.165) is 16.9 Å². The van der Waals surface area contributed by atoms with Crippen LogP contribution in [0.4, 0.5) is 17.1 Å². The maximum Gasteiger partial charge on any atom is 0.258 e. The Hall–Kier alpha value is -2.91. The van der Waals surface area contributed by atoms with Gasteiger partial charge in [0.05, 0.1) is 22.8 Å². The highest BCUT2D eigenvalue weighted by Gasteiger charge is 2.30. The van der Waals surface area contributed by atoms with Crippen LogP contribution in [0, 0.1) is 0 Å². The van der Waals surface area contributed by atoms with Gasteiger partial charge in [0.15, 0.2) is 0 Å². The lowest BCUT2D eigenvalue weighted by atomic mass is 10.1. The van der Waals surface area contributed by atoms with Crippen LogP contribution in [-0.2, 0) is 21.2 Å². The molecule has 0 fully saturated rings. The van der Waals surface area contributed by atoms with Gasteiger partial charge in [0.25, 0.3) is 5.91 Å². The third-order valence-corrected chi connectivity index (χ3v) is 7.89. The van der Waals surface area contributed by atoms with Gasteiger partial charge < -0.3 is 15.1 Å².